The van der Waals surface area contributed by atoms with Gasteiger partial charge >= 0.3 is 0 Å². The van der Waals surface area contributed by atoms with Crippen LogP contribution in [0.3, 0.4) is 0 Å². The quantitative estimate of drug-likeness (QED) is 0.106. The maximum Gasteiger partial charge on any atom is -0.00262 e. The van der Waals surface area contributed by atoms with E-state index < -0.39 is 0 Å². The van der Waals surface area contributed by atoms with Gasteiger partial charge in [-0.3, -0.25) is 0 Å². The molecule has 0 spiro atoms. The summed E-state index contributed by atoms with van der Waals surface area (Å²) in [5, 5.41) is 10.1. The van der Waals surface area contributed by atoms with Crippen molar-refractivity contribution in [3.8, 4) is 66.8 Å². The van der Waals surface area contributed by atoms with Crippen molar-refractivity contribution in [1.29, 1.82) is 0 Å². The average Bonchev–Trinajstić information content (AvgIpc) is 3.39. The van der Waals surface area contributed by atoms with E-state index in [4.69, 9.17) is 0 Å². The van der Waals surface area contributed by atoms with E-state index in [-0.39, 0.29) is 0 Å². The topological polar surface area (TPSA) is 0 Å². The molecule has 0 amide bonds. The fourth-order valence-electron chi connectivity index (χ4n) is 10.4. The lowest BCUT2D eigenvalue weighted by Gasteiger charge is -2.18. The molecule has 0 fully saturated rings. The zero-order valence-corrected chi connectivity index (χ0v) is 36.4. The molecule has 0 aliphatic heterocycles. The second kappa shape index (κ2) is 16.8. The molecule has 0 nitrogen and oxygen atoms in total. The summed E-state index contributed by atoms with van der Waals surface area (Å²) in [6.07, 6.45) is 4.57. The molecule has 0 bridgehead atoms. The van der Waals surface area contributed by atoms with Gasteiger partial charge in [0.25, 0.3) is 0 Å². The summed E-state index contributed by atoms with van der Waals surface area (Å²) < 4.78 is 0. The lowest BCUT2D eigenvalue weighted by atomic mass is 9.85. The fourth-order valence-corrected chi connectivity index (χ4v) is 10.4. The van der Waals surface area contributed by atoms with Crippen LogP contribution in [-0.4, -0.2) is 0 Å². The molecule has 12 aromatic carbocycles. The third kappa shape index (κ3) is 6.88. The first-order chi connectivity index (χ1) is 32.8. The van der Waals surface area contributed by atoms with Crippen molar-refractivity contribution in [2.24, 2.45) is 0 Å². The molecule has 0 radical (unpaired) electrons. The monoisotopic (exact) mass is 836 g/mol. The normalized spacial score (nSPS) is 11.6. The first-order valence-corrected chi connectivity index (χ1v) is 22.8. The van der Waals surface area contributed by atoms with Crippen molar-refractivity contribution in [1.82, 2.24) is 0 Å². The van der Waals surface area contributed by atoms with Crippen LogP contribution in [0.15, 0.2) is 255 Å². The Kier molecular flexibility index (Phi) is 9.97. The SMILES string of the molecule is C(=Cc1ccccc1-c1cccc(-c2c3ccccc3c(-c3ccccc3)c3ccccc23)c1)c1ccccc1-c1cccc(-c2c3ccccc3c(-c3ccccc3)c3ccccc23)c1. The van der Waals surface area contributed by atoms with Gasteiger partial charge in [0.15, 0.2) is 0 Å². The van der Waals surface area contributed by atoms with Crippen molar-refractivity contribution in [3.05, 3.63) is 266 Å². The van der Waals surface area contributed by atoms with Gasteiger partial charge < -0.3 is 0 Å². The Bertz CT molecular complexity index is 3430. The summed E-state index contributed by atoms with van der Waals surface area (Å²) in [5.74, 6) is 0. The first kappa shape index (κ1) is 39.0. The molecular weight excluding hydrogens is 793 g/mol. The molecule has 308 valence electrons. The van der Waals surface area contributed by atoms with Gasteiger partial charge in [-0.25, -0.2) is 0 Å². The summed E-state index contributed by atoms with van der Waals surface area (Å²) in [7, 11) is 0. The minimum absolute atomic E-state index is 1.17. The van der Waals surface area contributed by atoms with Crippen LogP contribution in [0.25, 0.3) is 122 Å². The van der Waals surface area contributed by atoms with Gasteiger partial charge in [-0.1, -0.05) is 255 Å². The molecule has 12 rings (SSSR count). The van der Waals surface area contributed by atoms with Crippen molar-refractivity contribution >= 4 is 55.2 Å². The molecule has 12 aromatic rings. The first-order valence-electron chi connectivity index (χ1n) is 22.8. The van der Waals surface area contributed by atoms with E-state index in [0.717, 1.165) is 0 Å². The zero-order valence-electron chi connectivity index (χ0n) is 36.4. The number of rotatable bonds is 8. The summed E-state index contributed by atoms with van der Waals surface area (Å²) >= 11 is 0. The van der Waals surface area contributed by atoms with Crippen molar-refractivity contribution in [2.45, 2.75) is 0 Å². The molecule has 0 saturated carbocycles. The second-order valence-corrected chi connectivity index (χ2v) is 17.1. The Morgan fingerprint density at radius 1 is 0.182 bits per heavy atom. The average molecular weight is 837 g/mol. The van der Waals surface area contributed by atoms with Crippen molar-refractivity contribution < 1.29 is 0 Å². The van der Waals surface area contributed by atoms with Crippen LogP contribution in [0.4, 0.5) is 0 Å². The largest absolute Gasteiger partial charge is 0.0622 e. The Hall–Kier alpha value is -8.58. The molecule has 0 heterocycles. The maximum atomic E-state index is 2.38. The molecule has 0 aliphatic carbocycles. The number of benzene rings is 12. The highest BCUT2D eigenvalue weighted by molar-refractivity contribution is 6.23. The van der Waals surface area contributed by atoms with E-state index in [2.05, 4.69) is 267 Å². The van der Waals surface area contributed by atoms with Crippen molar-refractivity contribution in [3.63, 3.8) is 0 Å². The third-order valence-corrected chi connectivity index (χ3v) is 13.3. The highest BCUT2D eigenvalue weighted by atomic mass is 14.2. The van der Waals surface area contributed by atoms with E-state index in [1.165, 1.54) is 121 Å². The predicted octanol–water partition coefficient (Wildman–Crippen LogP) is 18.5. The lowest BCUT2D eigenvalue weighted by Crippen LogP contribution is -1.91. The van der Waals surface area contributed by atoms with Crippen LogP contribution in [0.5, 0.6) is 0 Å². The van der Waals surface area contributed by atoms with Gasteiger partial charge in [0.2, 0.25) is 0 Å². The van der Waals surface area contributed by atoms with Crippen LogP contribution in [0.1, 0.15) is 11.1 Å². The van der Waals surface area contributed by atoms with Crippen LogP contribution in [0, 0.1) is 0 Å². The Balaban J connectivity index is 0.937. The zero-order chi connectivity index (χ0) is 43.8. The van der Waals surface area contributed by atoms with Gasteiger partial charge in [-0.2, -0.15) is 0 Å². The smallest absolute Gasteiger partial charge is 0.00262 e. The van der Waals surface area contributed by atoms with Crippen LogP contribution in [-0.2, 0) is 0 Å². The molecule has 0 N–H and O–H groups in total. The fraction of sp³-hybridized carbons (Fsp3) is 0. The minimum atomic E-state index is 1.17. The maximum absolute atomic E-state index is 2.38. The van der Waals surface area contributed by atoms with E-state index >= 15 is 0 Å². The number of hydrogen-bond donors (Lipinski definition) is 0. The lowest BCUT2D eigenvalue weighted by molar-refractivity contribution is 1.58. The minimum Gasteiger partial charge on any atom is -0.0622 e. The molecular formula is C66H44. The van der Waals surface area contributed by atoms with Crippen LogP contribution < -0.4 is 0 Å². The van der Waals surface area contributed by atoms with Gasteiger partial charge in [-0.15, -0.1) is 0 Å². The molecule has 0 heteroatoms. The molecule has 0 atom stereocenters. The molecule has 0 saturated heterocycles. The Morgan fingerprint density at radius 3 is 0.758 bits per heavy atom. The van der Waals surface area contributed by atoms with Gasteiger partial charge in [0, 0.05) is 0 Å². The molecule has 0 unspecified atom stereocenters. The molecule has 0 aliphatic rings. The van der Waals surface area contributed by atoms with E-state index in [1.54, 1.807) is 0 Å². The standard InChI is InChI=1S/C66H44/c1-3-23-47(24-4-1)63-55-33-11-15-37-59(55)65(60-38-16-12-34-56(60)63)51-29-19-27-49(43-51)53-31-9-7-21-45(53)41-42-46-22-8-10-32-54(46)50-28-20-30-52(44-50)66-61-39-17-13-35-57(61)64(48-25-5-2-6-26-48)58-36-14-18-40-62(58)66/h1-44H. The summed E-state index contributed by atoms with van der Waals surface area (Å²) in [6.45, 7) is 0. The number of hydrogen-bond acceptors (Lipinski definition) is 0. The Morgan fingerprint density at radius 2 is 0.424 bits per heavy atom. The summed E-state index contributed by atoms with van der Waals surface area (Å²) in [5.41, 5.74) is 17.1. The van der Waals surface area contributed by atoms with Crippen LogP contribution >= 0.6 is 0 Å². The Labute approximate surface area is 386 Å². The summed E-state index contributed by atoms with van der Waals surface area (Å²) in [4.78, 5) is 0. The van der Waals surface area contributed by atoms with Gasteiger partial charge in [0.05, 0.1) is 0 Å². The highest BCUT2D eigenvalue weighted by Crippen LogP contribution is 2.46. The predicted molar refractivity (Wildman–Crippen MR) is 284 cm³/mol. The van der Waals surface area contributed by atoms with Crippen LogP contribution in [0.2, 0.25) is 0 Å². The summed E-state index contributed by atoms with van der Waals surface area (Å²) in [6, 6.07) is 92.9. The third-order valence-electron chi connectivity index (χ3n) is 13.3. The van der Waals surface area contributed by atoms with Crippen molar-refractivity contribution in [2.75, 3.05) is 0 Å². The number of fused-ring (bicyclic) bond motifs is 4. The van der Waals surface area contributed by atoms with Gasteiger partial charge in [-0.05, 0) is 133 Å². The molecule has 66 heavy (non-hydrogen) atoms. The molecule has 0 aromatic heterocycles. The van der Waals surface area contributed by atoms with E-state index in [9.17, 15) is 0 Å². The highest BCUT2D eigenvalue weighted by Gasteiger charge is 2.19. The van der Waals surface area contributed by atoms with E-state index in [1.807, 2.05) is 0 Å². The second-order valence-electron chi connectivity index (χ2n) is 17.1. The van der Waals surface area contributed by atoms with Gasteiger partial charge in [0.1, 0.15) is 0 Å². The van der Waals surface area contributed by atoms with E-state index in [0.29, 0.717) is 0 Å².